The van der Waals surface area contributed by atoms with Crippen molar-refractivity contribution in [1.29, 1.82) is 0 Å². The summed E-state index contributed by atoms with van der Waals surface area (Å²) < 4.78 is 28.9. The Hall–Kier alpha value is -1.34. The summed E-state index contributed by atoms with van der Waals surface area (Å²) in [6, 6.07) is 5.38. The number of halogens is 1. The molecule has 0 spiro atoms. The summed E-state index contributed by atoms with van der Waals surface area (Å²) in [6.45, 7) is 1.90. The summed E-state index contributed by atoms with van der Waals surface area (Å²) in [6.07, 6.45) is 2.76. The van der Waals surface area contributed by atoms with Gasteiger partial charge in [0.25, 0.3) is 10.0 Å². The Morgan fingerprint density at radius 2 is 2.06 bits per heavy atom. The molecule has 18 heavy (non-hydrogen) atoms. The molecule has 7 heteroatoms. The first-order chi connectivity index (χ1) is 8.37. The van der Waals surface area contributed by atoms with Gasteiger partial charge in [0, 0.05) is 17.7 Å². The smallest absolute Gasteiger partial charge is 0.265 e. The number of rotatable bonds is 3. The molecule has 0 aliphatic heterocycles. The highest BCUT2D eigenvalue weighted by Crippen LogP contribution is 2.21. The predicted molar refractivity (Wildman–Crippen MR) is 72.9 cm³/mol. The number of benzene rings is 1. The van der Waals surface area contributed by atoms with Crippen molar-refractivity contribution in [2.24, 2.45) is 7.05 Å². The molecule has 0 amide bonds. The van der Waals surface area contributed by atoms with Gasteiger partial charge in [0.05, 0.1) is 11.9 Å². The van der Waals surface area contributed by atoms with Gasteiger partial charge < -0.3 is 0 Å². The number of nitrogens with one attached hydrogen (secondary N) is 1. The van der Waals surface area contributed by atoms with E-state index in [1.165, 1.54) is 17.1 Å². The van der Waals surface area contributed by atoms with Crippen molar-refractivity contribution in [3.8, 4) is 0 Å². The normalized spacial score (nSPS) is 11.5. The zero-order valence-corrected chi connectivity index (χ0v) is 12.3. The zero-order chi connectivity index (χ0) is 13.3. The minimum absolute atomic E-state index is 0.141. The lowest BCUT2D eigenvalue weighted by Crippen LogP contribution is -2.12. The molecule has 0 unspecified atom stereocenters. The Morgan fingerprint density at radius 3 is 2.61 bits per heavy atom. The lowest BCUT2D eigenvalue weighted by atomic mass is 10.2. The molecule has 0 saturated carbocycles. The van der Waals surface area contributed by atoms with Crippen LogP contribution in [-0.4, -0.2) is 18.2 Å². The van der Waals surface area contributed by atoms with Gasteiger partial charge in [-0.15, -0.1) is 0 Å². The van der Waals surface area contributed by atoms with E-state index in [0.29, 0.717) is 5.69 Å². The quantitative estimate of drug-likeness (QED) is 0.939. The third-order valence-electron chi connectivity index (χ3n) is 2.29. The summed E-state index contributed by atoms with van der Waals surface area (Å²) >= 11 is 3.33. The fraction of sp³-hybridized carbons (Fsp3) is 0.182. The van der Waals surface area contributed by atoms with Crippen LogP contribution < -0.4 is 4.72 Å². The lowest BCUT2D eigenvalue weighted by molar-refractivity contribution is 0.601. The molecular weight excluding hydrogens is 318 g/mol. The number of aromatic nitrogens is 2. The maximum absolute atomic E-state index is 12.1. The van der Waals surface area contributed by atoms with Gasteiger partial charge >= 0.3 is 0 Å². The van der Waals surface area contributed by atoms with E-state index in [-0.39, 0.29) is 4.90 Å². The fourth-order valence-corrected chi connectivity index (χ4v) is 3.18. The van der Waals surface area contributed by atoms with Gasteiger partial charge in [-0.25, -0.2) is 8.42 Å². The Labute approximate surface area is 114 Å². The number of anilines is 1. The third kappa shape index (κ3) is 2.91. The summed E-state index contributed by atoms with van der Waals surface area (Å²) in [7, 11) is -1.91. The van der Waals surface area contributed by atoms with Crippen molar-refractivity contribution in [3.05, 3.63) is 40.6 Å². The molecular formula is C11H12BrN3O2S. The standard InChI is InChI=1S/C11H12BrN3O2S/c1-8-3-9(12)5-10(4-8)14-18(16,17)11-6-13-15(2)7-11/h3-7,14H,1-2H3. The van der Waals surface area contributed by atoms with Crippen LogP contribution in [0.5, 0.6) is 0 Å². The number of aryl methyl sites for hydroxylation is 2. The van der Waals surface area contributed by atoms with Crippen LogP contribution in [0, 0.1) is 6.92 Å². The van der Waals surface area contributed by atoms with Gasteiger partial charge in [0.1, 0.15) is 4.90 Å². The van der Waals surface area contributed by atoms with E-state index in [1.54, 1.807) is 19.2 Å². The van der Waals surface area contributed by atoms with Crippen LogP contribution in [0.3, 0.4) is 0 Å². The number of sulfonamides is 1. The van der Waals surface area contributed by atoms with E-state index in [4.69, 9.17) is 0 Å². The summed E-state index contributed by atoms with van der Waals surface area (Å²) in [4.78, 5) is 0.141. The number of hydrogen-bond donors (Lipinski definition) is 1. The highest BCUT2D eigenvalue weighted by Gasteiger charge is 2.16. The van der Waals surface area contributed by atoms with Crippen molar-refractivity contribution >= 4 is 31.6 Å². The van der Waals surface area contributed by atoms with Crippen LogP contribution in [0.15, 0.2) is 40.0 Å². The van der Waals surface area contributed by atoms with E-state index in [2.05, 4.69) is 25.8 Å². The van der Waals surface area contributed by atoms with Crippen molar-refractivity contribution in [2.75, 3.05) is 4.72 Å². The molecule has 0 bridgehead atoms. The average molecular weight is 330 g/mol. The van der Waals surface area contributed by atoms with E-state index in [1.807, 2.05) is 13.0 Å². The summed E-state index contributed by atoms with van der Waals surface area (Å²) in [5, 5.41) is 3.85. The monoisotopic (exact) mass is 329 g/mol. The molecule has 5 nitrogen and oxygen atoms in total. The minimum atomic E-state index is -3.58. The summed E-state index contributed by atoms with van der Waals surface area (Å²) in [5.74, 6) is 0. The maximum atomic E-state index is 12.1. The van der Waals surface area contributed by atoms with Gasteiger partial charge in [0.2, 0.25) is 0 Å². The Morgan fingerprint density at radius 1 is 1.33 bits per heavy atom. The van der Waals surface area contributed by atoms with Gasteiger partial charge in [-0.05, 0) is 30.7 Å². The largest absolute Gasteiger partial charge is 0.279 e. The molecule has 0 saturated heterocycles. The van der Waals surface area contributed by atoms with Gasteiger partial charge in [-0.2, -0.15) is 5.10 Å². The first kappa shape index (κ1) is 13.1. The third-order valence-corrected chi connectivity index (χ3v) is 4.08. The lowest BCUT2D eigenvalue weighted by Gasteiger charge is -2.07. The maximum Gasteiger partial charge on any atom is 0.265 e. The van der Waals surface area contributed by atoms with Crippen LogP contribution in [0.25, 0.3) is 0 Å². The first-order valence-electron chi connectivity index (χ1n) is 5.15. The van der Waals surface area contributed by atoms with Crippen LogP contribution in [-0.2, 0) is 17.1 Å². The fourth-order valence-electron chi connectivity index (χ4n) is 1.55. The molecule has 0 atom stereocenters. The number of hydrogen-bond acceptors (Lipinski definition) is 3. The Balaban J connectivity index is 2.33. The second-order valence-corrected chi connectivity index (χ2v) is 6.57. The van der Waals surface area contributed by atoms with Crippen LogP contribution >= 0.6 is 15.9 Å². The van der Waals surface area contributed by atoms with Gasteiger partial charge in [-0.3, -0.25) is 9.40 Å². The van der Waals surface area contributed by atoms with Gasteiger partial charge in [-0.1, -0.05) is 15.9 Å². The van der Waals surface area contributed by atoms with Crippen LogP contribution in [0.1, 0.15) is 5.56 Å². The highest BCUT2D eigenvalue weighted by atomic mass is 79.9. The molecule has 96 valence electrons. The molecule has 1 N–H and O–H groups in total. The molecule has 1 aromatic heterocycles. The molecule has 0 aliphatic rings. The highest BCUT2D eigenvalue weighted by molar-refractivity contribution is 9.10. The second kappa shape index (κ2) is 4.74. The SMILES string of the molecule is Cc1cc(Br)cc(NS(=O)(=O)c2cnn(C)c2)c1. The second-order valence-electron chi connectivity index (χ2n) is 3.97. The molecule has 1 heterocycles. The Kier molecular flexibility index (Phi) is 3.45. The van der Waals surface area contributed by atoms with Crippen molar-refractivity contribution < 1.29 is 8.42 Å². The van der Waals surface area contributed by atoms with E-state index < -0.39 is 10.0 Å². The predicted octanol–water partition coefficient (Wildman–Crippen LogP) is 2.29. The van der Waals surface area contributed by atoms with Crippen LogP contribution in [0.2, 0.25) is 0 Å². The molecule has 1 aromatic carbocycles. The number of nitrogens with zero attached hydrogens (tertiary/aromatic N) is 2. The van der Waals surface area contributed by atoms with Crippen molar-refractivity contribution in [2.45, 2.75) is 11.8 Å². The van der Waals surface area contributed by atoms with Crippen molar-refractivity contribution in [3.63, 3.8) is 0 Å². The van der Waals surface area contributed by atoms with Crippen molar-refractivity contribution in [1.82, 2.24) is 9.78 Å². The van der Waals surface area contributed by atoms with Crippen LogP contribution in [0.4, 0.5) is 5.69 Å². The topological polar surface area (TPSA) is 64.0 Å². The average Bonchev–Trinajstić information content (AvgIpc) is 2.62. The van der Waals surface area contributed by atoms with Gasteiger partial charge in [0.15, 0.2) is 0 Å². The minimum Gasteiger partial charge on any atom is -0.279 e. The van der Waals surface area contributed by atoms with E-state index in [0.717, 1.165) is 10.0 Å². The molecule has 2 aromatic rings. The summed E-state index contributed by atoms with van der Waals surface area (Å²) in [5.41, 5.74) is 1.49. The van der Waals surface area contributed by atoms with E-state index in [9.17, 15) is 8.42 Å². The molecule has 0 radical (unpaired) electrons. The molecule has 2 rings (SSSR count). The first-order valence-corrected chi connectivity index (χ1v) is 7.43. The zero-order valence-electron chi connectivity index (χ0n) is 9.88. The van der Waals surface area contributed by atoms with E-state index >= 15 is 0 Å². The Bertz CT molecular complexity index is 659. The molecule has 0 fully saturated rings. The molecule has 0 aliphatic carbocycles.